The van der Waals surface area contributed by atoms with Crippen LogP contribution in [0.1, 0.15) is 149 Å². The second-order valence-electron chi connectivity index (χ2n) is 16.3. The first-order valence-electron chi connectivity index (χ1n) is 20.4. The van der Waals surface area contributed by atoms with Crippen LogP contribution < -0.4 is 11.5 Å². The molecule has 0 radical (unpaired) electrons. The van der Waals surface area contributed by atoms with Crippen LogP contribution in [0.5, 0.6) is 0 Å². The molecular formula is C48H64N2. The van der Waals surface area contributed by atoms with Gasteiger partial charge in [0.25, 0.3) is 0 Å². The summed E-state index contributed by atoms with van der Waals surface area (Å²) in [6, 6.07) is 35.9. The predicted octanol–water partition coefficient (Wildman–Crippen LogP) is 12.8. The monoisotopic (exact) mass is 669 g/mol. The van der Waals surface area contributed by atoms with E-state index >= 15 is 0 Å². The molecule has 0 amide bonds. The molecule has 0 spiro atoms. The summed E-state index contributed by atoms with van der Waals surface area (Å²) in [5.74, 6) is 2.87. The zero-order valence-corrected chi connectivity index (χ0v) is 31.1. The Kier molecular flexibility index (Phi) is 13.1. The fourth-order valence-electron chi connectivity index (χ4n) is 9.32. The first-order valence-corrected chi connectivity index (χ1v) is 20.4. The normalized spacial score (nSPS) is 19.4. The minimum absolute atomic E-state index is 0.0879. The van der Waals surface area contributed by atoms with Crippen molar-refractivity contribution in [2.24, 2.45) is 17.8 Å². The highest BCUT2D eigenvalue weighted by Crippen LogP contribution is 2.48. The van der Waals surface area contributed by atoms with Crippen LogP contribution in [0.3, 0.4) is 0 Å². The van der Waals surface area contributed by atoms with E-state index in [1.54, 1.807) is 0 Å². The number of hydrogen-bond donors (Lipinski definition) is 2. The average molecular weight is 669 g/mol. The summed E-state index contributed by atoms with van der Waals surface area (Å²) in [5.41, 5.74) is 22.0. The third-order valence-corrected chi connectivity index (χ3v) is 12.7. The second-order valence-corrected chi connectivity index (χ2v) is 16.3. The Labute approximate surface area is 304 Å². The number of anilines is 2. The molecule has 0 aromatic heterocycles. The molecule has 6 rings (SSSR count). The largest absolute Gasteiger partial charge is 0.399 e. The molecule has 0 saturated heterocycles. The van der Waals surface area contributed by atoms with Gasteiger partial charge in [-0.2, -0.15) is 0 Å². The molecule has 2 aliphatic rings. The van der Waals surface area contributed by atoms with E-state index in [-0.39, 0.29) is 5.41 Å². The highest BCUT2D eigenvalue weighted by atomic mass is 14.5. The minimum Gasteiger partial charge on any atom is -0.399 e. The molecular weight excluding hydrogens is 605 g/mol. The van der Waals surface area contributed by atoms with Gasteiger partial charge < -0.3 is 11.5 Å². The quantitative estimate of drug-likeness (QED) is 0.0922. The van der Waals surface area contributed by atoms with E-state index in [9.17, 15) is 0 Å². The van der Waals surface area contributed by atoms with Gasteiger partial charge in [-0.1, -0.05) is 163 Å². The van der Waals surface area contributed by atoms with Crippen molar-refractivity contribution in [3.05, 3.63) is 130 Å². The minimum atomic E-state index is 0.0879. The maximum absolute atomic E-state index is 5.94. The van der Waals surface area contributed by atoms with Gasteiger partial charge in [0.05, 0.1) is 0 Å². The fourth-order valence-corrected chi connectivity index (χ4v) is 9.32. The van der Waals surface area contributed by atoms with Gasteiger partial charge in [-0.3, -0.25) is 0 Å². The number of unbranched alkanes of at least 4 members (excludes halogenated alkanes) is 5. The fraction of sp³-hybridized carbons (Fsp3) is 0.500. The van der Waals surface area contributed by atoms with Crippen molar-refractivity contribution in [2.75, 3.05) is 11.5 Å². The molecule has 4 N–H and O–H groups in total. The summed E-state index contributed by atoms with van der Waals surface area (Å²) in [6.07, 6.45) is 26.0. The van der Waals surface area contributed by atoms with Crippen LogP contribution >= 0.6 is 0 Å². The molecule has 0 aliphatic heterocycles. The van der Waals surface area contributed by atoms with Crippen molar-refractivity contribution in [1.29, 1.82) is 0 Å². The lowest BCUT2D eigenvalue weighted by Crippen LogP contribution is -2.33. The molecule has 4 aromatic carbocycles. The molecule has 50 heavy (non-hydrogen) atoms. The molecule has 2 nitrogen and oxygen atoms in total. The second kappa shape index (κ2) is 18.1. The summed E-state index contributed by atoms with van der Waals surface area (Å²) >= 11 is 0. The molecule has 0 bridgehead atoms. The van der Waals surface area contributed by atoms with Crippen LogP contribution in [0.2, 0.25) is 0 Å². The number of benzene rings is 4. The van der Waals surface area contributed by atoms with Crippen molar-refractivity contribution >= 4 is 11.4 Å². The van der Waals surface area contributed by atoms with Crippen molar-refractivity contribution in [1.82, 2.24) is 0 Å². The summed E-state index contributed by atoms with van der Waals surface area (Å²) in [4.78, 5) is 0. The Morgan fingerprint density at radius 3 is 1.24 bits per heavy atom. The highest BCUT2D eigenvalue weighted by molar-refractivity contribution is 5.45. The molecule has 2 heteroatoms. The van der Waals surface area contributed by atoms with E-state index in [1.165, 1.54) is 143 Å². The first kappa shape index (κ1) is 36.3. The molecule has 2 saturated carbocycles. The molecule has 4 aromatic rings. The summed E-state index contributed by atoms with van der Waals surface area (Å²) in [7, 11) is 0. The van der Waals surface area contributed by atoms with Crippen molar-refractivity contribution < 1.29 is 0 Å². The summed E-state index contributed by atoms with van der Waals surface area (Å²) in [6.45, 7) is 2.32. The Hall–Kier alpha value is -3.52. The van der Waals surface area contributed by atoms with Gasteiger partial charge in [-0.15, -0.1) is 0 Å². The number of nitrogens with two attached hydrogens (primary N) is 2. The van der Waals surface area contributed by atoms with Crippen LogP contribution in [0.4, 0.5) is 11.4 Å². The number of hydrogen-bond acceptors (Lipinski definition) is 2. The molecule has 2 aliphatic carbocycles. The Balaban J connectivity index is 1.07. The molecule has 2 fully saturated rings. The summed E-state index contributed by atoms with van der Waals surface area (Å²) < 4.78 is 0. The van der Waals surface area contributed by atoms with Crippen LogP contribution in [-0.4, -0.2) is 0 Å². The van der Waals surface area contributed by atoms with Gasteiger partial charge >= 0.3 is 0 Å². The summed E-state index contributed by atoms with van der Waals surface area (Å²) in [5, 5.41) is 0. The standard InChI is InChI=1S/C48H64N2/c1-2-3-4-5-6-7-8-37-9-11-38(12-10-37)13-14-39-31-33-48(34-32-39,44-23-15-40(16-24-44)35-42-19-27-46(49)28-20-42)45-25-17-41(18-26-45)36-43-21-29-47(50)30-22-43/h15-30,37-39H,2-14,31-36,49-50H2,1H3. The van der Waals surface area contributed by atoms with Crippen molar-refractivity contribution in [2.45, 2.75) is 134 Å². The van der Waals surface area contributed by atoms with E-state index in [0.717, 1.165) is 42.0 Å². The van der Waals surface area contributed by atoms with Crippen molar-refractivity contribution in [3.8, 4) is 0 Å². The molecule has 0 heterocycles. The Bertz CT molecular complexity index is 1440. The SMILES string of the molecule is CCCCCCCCC1CCC(CCC2CCC(c3ccc(Cc4ccc(N)cc4)cc3)(c3ccc(Cc4ccc(N)cc4)cc3)CC2)CC1. The Morgan fingerprint density at radius 2 is 0.800 bits per heavy atom. The van der Waals surface area contributed by atoms with Crippen molar-refractivity contribution in [3.63, 3.8) is 0 Å². The zero-order valence-electron chi connectivity index (χ0n) is 31.1. The van der Waals surface area contributed by atoms with E-state index in [1.807, 2.05) is 24.3 Å². The number of nitrogen functional groups attached to an aromatic ring is 2. The topological polar surface area (TPSA) is 52.0 Å². The van der Waals surface area contributed by atoms with Gasteiger partial charge in [-0.05, 0) is 114 Å². The molecule has 0 unspecified atom stereocenters. The Morgan fingerprint density at radius 1 is 0.440 bits per heavy atom. The first-order chi connectivity index (χ1) is 24.5. The lowest BCUT2D eigenvalue weighted by molar-refractivity contribution is 0.208. The van der Waals surface area contributed by atoms with Gasteiger partial charge in [0, 0.05) is 16.8 Å². The zero-order chi connectivity index (χ0) is 34.6. The van der Waals surface area contributed by atoms with Gasteiger partial charge in [0.2, 0.25) is 0 Å². The number of rotatable bonds is 16. The van der Waals surface area contributed by atoms with Crippen LogP contribution in [0.25, 0.3) is 0 Å². The smallest absolute Gasteiger partial charge is 0.0314 e. The average Bonchev–Trinajstić information content (AvgIpc) is 3.15. The van der Waals surface area contributed by atoms with E-state index in [4.69, 9.17) is 11.5 Å². The van der Waals surface area contributed by atoms with Crippen LogP contribution in [-0.2, 0) is 18.3 Å². The lowest BCUT2D eigenvalue weighted by Gasteiger charge is -2.42. The van der Waals surface area contributed by atoms with Crippen LogP contribution in [0.15, 0.2) is 97.1 Å². The van der Waals surface area contributed by atoms with Crippen LogP contribution in [0, 0.1) is 17.8 Å². The maximum atomic E-state index is 5.94. The molecule has 0 atom stereocenters. The van der Waals surface area contributed by atoms with E-state index in [0.29, 0.717) is 0 Å². The van der Waals surface area contributed by atoms with E-state index < -0.39 is 0 Å². The maximum Gasteiger partial charge on any atom is 0.0314 e. The predicted molar refractivity (Wildman–Crippen MR) is 216 cm³/mol. The lowest BCUT2D eigenvalue weighted by atomic mass is 9.62. The molecule has 266 valence electrons. The highest BCUT2D eigenvalue weighted by Gasteiger charge is 2.38. The van der Waals surface area contributed by atoms with E-state index in [2.05, 4.69) is 79.7 Å². The van der Waals surface area contributed by atoms with Gasteiger partial charge in [0.1, 0.15) is 0 Å². The third kappa shape index (κ3) is 10.0. The van der Waals surface area contributed by atoms with Gasteiger partial charge in [-0.25, -0.2) is 0 Å². The van der Waals surface area contributed by atoms with Gasteiger partial charge in [0.15, 0.2) is 0 Å². The third-order valence-electron chi connectivity index (χ3n) is 12.7.